The van der Waals surface area contributed by atoms with Crippen molar-refractivity contribution in [2.24, 2.45) is 7.05 Å². The van der Waals surface area contributed by atoms with Crippen LogP contribution < -0.4 is 5.32 Å². The molecule has 5 nitrogen and oxygen atoms in total. The monoisotopic (exact) mass is 341 g/mol. The van der Waals surface area contributed by atoms with E-state index in [4.69, 9.17) is 4.98 Å². The Labute approximate surface area is 151 Å². The summed E-state index contributed by atoms with van der Waals surface area (Å²) in [4.78, 5) is 10.0. The third-order valence-corrected chi connectivity index (χ3v) is 5.36. The second-order valence-corrected chi connectivity index (χ2v) is 6.87. The molecular weight excluding hydrogens is 310 g/mol. The van der Waals surface area contributed by atoms with Crippen LogP contribution in [-0.2, 0) is 7.05 Å². The molecule has 0 radical (unpaired) electrons. The zero-order chi connectivity index (χ0) is 17.8. The fraction of sp³-hybridized carbons (Fsp3) is 0.550. The van der Waals surface area contributed by atoms with E-state index in [0.29, 0.717) is 6.04 Å². The molecule has 0 saturated carbocycles. The van der Waals surface area contributed by atoms with E-state index in [1.54, 1.807) is 0 Å². The van der Waals surface area contributed by atoms with E-state index in [1.807, 2.05) is 7.05 Å². The molecule has 1 N–H and O–H groups in total. The highest BCUT2D eigenvalue weighted by molar-refractivity contribution is 5.57. The number of imidazole rings is 1. The molecule has 1 saturated heterocycles. The van der Waals surface area contributed by atoms with E-state index < -0.39 is 0 Å². The van der Waals surface area contributed by atoms with Gasteiger partial charge in [-0.15, -0.1) is 0 Å². The molecule has 1 aliphatic heterocycles. The van der Waals surface area contributed by atoms with Crippen LogP contribution in [0.3, 0.4) is 0 Å². The lowest BCUT2D eigenvalue weighted by atomic mass is 10.1. The topological polar surface area (TPSA) is 36.3 Å². The summed E-state index contributed by atoms with van der Waals surface area (Å²) in [5.41, 5.74) is 3.65. The number of aryl methyl sites for hydroxylation is 1. The Morgan fingerprint density at radius 2 is 1.80 bits per heavy atom. The lowest BCUT2D eigenvalue weighted by Gasteiger charge is -2.39. The third-order valence-electron chi connectivity index (χ3n) is 5.36. The van der Waals surface area contributed by atoms with Crippen LogP contribution in [0.2, 0.25) is 0 Å². The largest absolute Gasteiger partial charge is 0.329 e. The van der Waals surface area contributed by atoms with Gasteiger partial charge in [-0.05, 0) is 20.5 Å². The lowest BCUT2D eigenvalue weighted by molar-refractivity contribution is 0.0960. The molecule has 0 bridgehead atoms. The van der Waals surface area contributed by atoms with Gasteiger partial charge in [-0.3, -0.25) is 4.90 Å². The molecule has 1 aromatic carbocycles. The van der Waals surface area contributed by atoms with Crippen LogP contribution in [0.5, 0.6) is 0 Å². The van der Waals surface area contributed by atoms with Gasteiger partial charge in [0.25, 0.3) is 0 Å². The first-order valence-corrected chi connectivity index (χ1v) is 9.35. The van der Waals surface area contributed by atoms with Gasteiger partial charge in [0.15, 0.2) is 0 Å². The Morgan fingerprint density at radius 3 is 2.40 bits per heavy atom. The zero-order valence-corrected chi connectivity index (χ0v) is 16.0. The highest BCUT2D eigenvalue weighted by atomic mass is 15.3. The fourth-order valence-corrected chi connectivity index (χ4v) is 3.94. The quantitative estimate of drug-likeness (QED) is 0.875. The van der Waals surface area contributed by atoms with Crippen molar-refractivity contribution in [3.05, 3.63) is 41.7 Å². The predicted molar refractivity (Wildman–Crippen MR) is 104 cm³/mol. The molecular formula is C20H31N5. The average Bonchev–Trinajstić information content (AvgIpc) is 2.95. The molecule has 1 fully saturated rings. The van der Waals surface area contributed by atoms with Gasteiger partial charge in [-0.25, -0.2) is 4.98 Å². The van der Waals surface area contributed by atoms with Crippen molar-refractivity contribution in [3.63, 3.8) is 0 Å². The molecule has 1 aliphatic rings. The van der Waals surface area contributed by atoms with Gasteiger partial charge in [-0.2, -0.15) is 0 Å². The van der Waals surface area contributed by atoms with Crippen molar-refractivity contribution in [3.8, 4) is 11.4 Å². The van der Waals surface area contributed by atoms with Crippen molar-refractivity contribution < 1.29 is 0 Å². The normalized spacial score (nSPS) is 17.8. The van der Waals surface area contributed by atoms with Crippen molar-refractivity contribution in [1.82, 2.24) is 24.7 Å². The minimum atomic E-state index is 0.360. The Kier molecular flexibility index (Phi) is 5.89. The van der Waals surface area contributed by atoms with Crippen LogP contribution in [0.25, 0.3) is 11.4 Å². The van der Waals surface area contributed by atoms with Gasteiger partial charge in [0.05, 0.1) is 17.4 Å². The summed E-state index contributed by atoms with van der Waals surface area (Å²) in [6.07, 6.45) is 0. The van der Waals surface area contributed by atoms with Crippen molar-refractivity contribution in [2.45, 2.75) is 19.9 Å². The third kappa shape index (κ3) is 3.78. The molecule has 136 valence electrons. The second-order valence-electron chi connectivity index (χ2n) is 6.87. The maximum absolute atomic E-state index is 4.91. The van der Waals surface area contributed by atoms with Gasteiger partial charge >= 0.3 is 0 Å². The summed E-state index contributed by atoms with van der Waals surface area (Å²) in [6, 6.07) is 10.8. The molecule has 5 heteroatoms. The van der Waals surface area contributed by atoms with E-state index in [2.05, 4.69) is 70.9 Å². The first-order chi connectivity index (χ1) is 12.2. The van der Waals surface area contributed by atoms with Crippen LogP contribution in [-0.4, -0.2) is 65.7 Å². The number of nitrogens with zero attached hydrogens (tertiary/aromatic N) is 4. The Morgan fingerprint density at radius 1 is 1.12 bits per heavy atom. The number of hydrogen-bond acceptors (Lipinski definition) is 4. The smallest absolute Gasteiger partial charge is 0.140 e. The molecule has 3 rings (SSSR count). The predicted octanol–water partition coefficient (Wildman–Crippen LogP) is 2.29. The molecule has 2 heterocycles. The first kappa shape index (κ1) is 18.1. The maximum Gasteiger partial charge on any atom is 0.140 e. The number of benzene rings is 1. The molecule has 1 atom stereocenters. The molecule has 0 amide bonds. The second kappa shape index (κ2) is 8.13. The van der Waals surface area contributed by atoms with Crippen LogP contribution in [0, 0.1) is 6.92 Å². The SMILES string of the molecule is CCN1CCN(C(CNC)c2c(C)nc(-c3ccccc3)n2C)CC1. The standard InChI is InChI=1S/C20H31N5/c1-5-24-11-13-25(14-12-24)18(15-21-3)19-16(2)22-20(23(19)4)17-9-7-6-8-10-17/h6-10,18,21H,5,11-15H2,1-4H3. The molecule has 1 aromatic heterocycles. The summed E-state index contributed by atoms with van der Waals surface area (Å²) in [5, 5.41) is 3.40. The fourth-order valence-electron chi connectivity index (χ4n) is 3.94. The summed E-state index contributed by atoms with van der Waals surface area (Å²) in [7, 11) is 4.20. The Hall–Kier alpha value is -1.69. The summed E-state index contributed by atoms with van der Waals surface area (Å²) in [5.74, 6) is 1.06. The maximum atomic E-state index is 4.91. The zero-order valence-electron chi connectivity index (χ0n) is 16.0. The first-order valence-electron chi connectivity index (χ1n) is 9.35. The Bertz CT molecular complexity index is 671. The number of nitrogens with one attached hydrogen (secondary N) is 1. The van der Waals surface area contributed by atoms with Crippen LogP contribution in [0.4, 0.5) is 0 Å². The van der Waals surface area contributed by atoms with Gasteiger partial charge < -0.3 is 14.8 Å². The van der Waals surface area contributed by atoms with Crippen LogP contribution in [0.1, 0.15) is 24.4 Å². The van der Waals surface area contributed by atoms with Crippen LogP contribution in [0.15, 0.2) is 30.3 Å². The summed E-state index contributed by atoms with van der Waals surface area (Å²) in [6.45, 7) is 11.0. The lowest BCUT2D eigenvalue weighted by Crippen LogP contribution is -2.49. The minimum absolute atomic E-state index is 0.360. The van der Waals surface area contributed by atoms with Crippen molar-refractivity contribution >= 4 is 0 Å². The van der Waals surface area contributed by atoms with E-state index in [9.17, 15) is 0 Å². The van der Waals surface area contributed by atoms with Gasteiger partial charge in [0, 0.05) is 45.3 Å². The number of likely N-dealkylation sites (N-methyl/N-ethyl adjacent to an activating group) is 2. The number of piperazine rings is 1. The van der Waals surface area contributed by atoms with Gasteiger partial charge in [0.1, 0.15) is 5.82 Å². The van der Waals surface area contributed by atoms with E-state index in [1.165, 1.54) is 11.3 Å². The summed E-state index contributed by atoms with van der Waals surface area (Å²) >= 11 is 0. The molecule has 0 spiro atoms. The molecule has 2 aromatic rings. The van der Waals surface area contributed by atoms with Crippen LogP contribution >= 0.6 is 0 Å². The molecule has 25 heavy (non-hydrogen) atoms. The van der Waals surface area contributed by atoms with Gasteiger partial charge in [-0.1, -0.05) is 37.3 Å². The number of rotatable bonds is 6. The number of aromatic nitrogens is 2. The van der Waals surface area contributed by atoms with Crippen molar-refractivity contribution in [1.29, 1.82) is 0 Å². The van der Waals surface area contributed by atoms with E-state index in [-0.39, 0.29) is 0 Å². The van der Waals surface area contributed by atoms with Gasteiger partial charge in [0.2, 0.25) is 0 Å². The van der Waals surface area contributed by atoms with E-state index >= 15 is 0 Å². The highest BCUT2D eigenvalue weighted by Gasteiger charge is 2.28. The Balaban J connectivity index is 1.91. The van der Waals surface area contributed by atoms with Crippen molar-refractivity contribution in [2.75, 3.05) is 46.3 Å². The van der Waals surface area contributed by atoms with E-state index in [0.717, 1.165) is 50.8 Å². The molecule has 1 unspecified atom stereocenters. The summed E-state index contributed by atoms with van der Waals surface area (Å²) < 4.78 is 2.29. The molecule has 0 aliphatic carbocycles. The average molecular weight is 342 g/mol. The highest BCUT2D eigenvalue weighted by Crippen LogP contribution is 2.29. The number of hydrogen-bond donors (Lipinski definition) is 1. The minimum Gasteiger partial charge on any atom is -0.329 e.